The van der Waals surface area contributed by atoms with E-state index in [1.54, 1.807) is 6.20 Å². The quantitative estimate of drug-likeness (QED) is 0.934. The number of carbonyl (C=O) groups excluding carboxylic acids is 1. The molecule has 1 aliphatic rings. The Morgan fingerprint density at radius 1 is 1.19 bits per heavy atom. The van der Waals surface area contributed by atoms with Gasteiger partial charge in [0.05, 0.1) is 11.7 Å². The van der Waals surface area contributed by atoms with Crippen molar-refractivity contribution in [2.75, 3.05) is 16.8 Å². The van der Waals surface area contributed by atoms with Crippen LogP contribution in [0.2, 0.25) is 0 Å². The average molecular weight is 281 g/mol. The number of benzene rings is 1. The summed E-state index contributed by atoms with van der Waals surface area (Å²) in [7, 11) is 0. The first kappa shape index (κ1) is 13.6. The number of nitrogens with one attached hydrogen (secondary N) is 1. The fourth-order valence-electron chi connectivity index (χ4n) is 2.61. The molecule has 1 atom stereocenters. The van der Waals surface area contributed by atoms with Crippen molar-refractivity contribution in [1.82, 2.24) is 4.98 Å². The smallest absolute Gasteiger partial charge is 0.227 e. The molecule has 0 radical (unpaired) electrons. The Labute approximate surface area is 124 Å². The largest absolute Gasteiger partial charge is 0.377 e. The molecular weight excluding hydrogens is 262 g/mol. The molecule has 4 nitrogen and oxygen atoms in total. The summed E-state index contributed by atoms with van der Waals surface area (Å²) in [6.45, 7) is 2.91. The summed E-state index contributed by atoms with van der Waals surface area (Å²) in [6.07, 6.45) is 3.42. The summed E-state index contributed by atoms with van der Waals surface area (Å²) in [6, 6.07) is 14.1. The molecule has 4 heteroatoms. The van der Waals surface area contributed by atoms with Crippen molar-refractivity contribution in [3.05, 3.63) is 54.4 Å². The van der Waals surface area contributed by atoms with Crippen molar-refractivity contribution in [3.63, 3.8) is 0 Å². The van der Waals surface area contributed by atoms with Gasteiger partial charge in [0.15, 0.2) is 0 Å². The highest BCUT2D eigenvalue weighted by molar-refractivity contribution is 5.95. The van der Waals surface area contributed by atoms with Crippen LogP contribution in [0.5, 0.6) is 0 Å². The Balaban J connectivity index is 1.68. The third kappa shape index (κ3) is 3.05. The molecule has 1 aliphatic heterocycles. The van der Waals surface area contributed by atoms with Crippen LogP contribution < -0.4 is 10.2 Å². The van der Waals surface area contributed by atoms with Crippen LogP contribution in [-0.4, -0.2) is 17.4 Å². The minimum absolute atomic E-state index is 0.144. The molecule has 1 aromatic heterocycles. The van der Waals surface area contributed by atoms with E-state index in [-0.39, 0.29) is 11.9 Å². The van der Waals surface area contributed by atoms with Crippen LogP contribution >= 0.6 is 0 Å². The van der Waals surface area contributed by atoms with Gasteiger partial charge < -0.3 is 10.2 Å². The minimum atomic E-state index is 0.144. The fraction of sp³-hybridized carbons (Fsp3) is 0.294. The van der Waals surface area contributed by atoms with Crippen molar-refractivity contribution in [3.8, 4) is 0 Å². The van der Waals surface area contributed by atoms with E-state index in [0.717, 1.165) is 30.0 Å². The highest BCUT2D eigenvalue weighted by Gasteiger charge is 2.21. The van der Waals surface area contributed by atoms with Gasteiger partial charge in [-0.05, 0) is 49.7 Å². The molecule has 0 bridgehead atoms. The summed E-state index contributed by atoms with van der Waals surface area (Å²) in [4.78, 5) is 17.9. The molecule has 1 aromatic carbocycles. The molecule has 3 rings (SSSR count). The van der Waals surface area contributed by atoms with Gasteiger partial charge >= 0.3 is 0 Å². The molecule has 1 fully saturated rings. The average Bonchev–Trinajstić information content (AvgIpc) is 2.95. The molecule has 0 spiro atoms. The lowest BCUT2D eigenvalue weighted by Gasteiger charge is -2.18. The highest BCUT2D eigenvalue weighted by Crippen LogP contribution is 2.24. The van der Waals surface area contributed by atoms with Crippen LogP contribution in [0.1, 0.15) is 31.5 Å². The van der Waals surface area contributed by atoms with Gasteiger partial charge in [-0.3, -0.25) is 9.78 Å². The molecule has 2 heterocycles. The van der Waals surface area contributed by atoms with E-state index in [9.17, 15) is 4.79 Å². The number of anilines is 2. The van der Waals surface area contributed by atoms with Crippen LogP contribution in [-0.2, 0) is 4.79 Å². The Morgan fingerprint density at radius 3 is 2.62 bits per heavy atom. The second-order valence-electron chi connectivity index (χ2n) is 5.32. The standard InChI is InChI=1S/C17H19N3O/c1-13(16-5-2-3-11-18-16)19-14-7-9-15(10-8-14)20-12-4-6-17(20)21/h2-3,5,7-11,13,19H,4,6,12H2,1H3. The molecule has 108 valence electrons. The third-order valence-electron chi connectivity index (χ3n) is 3.77. The first-order chi connectivity index (χ1) is 10.2. The fourth-order valence-corrected chi connectivity index (χ4v) is 2.61. The number of hydrogen-bond donors (Lipinski definition) is 1. The van der Waals surface area contributed by atoms with Crippen molar-refractivity contribution >= 4 is 17.3 Å². The lowest BCUT2D eigenvalue weighted by atomic mass is 10.2. The monoisotopic (exact) mass is 281 g/mol. The van der Waals surface area contributed by atoms with E-state index in [0.29, 0.717) is 6.42 Å². The maximum atomic E-state index is 11.7. The van der Waals surface area contributed by atoms with E-state index in [1.165, 1.54) is 0 Å². The summed E-state index contributed by atoms with van der Waals surface area (Å²) in [5, 5.41) is 3.42. The summed E-state index contributed by atoms with van der Waals surface area (Å²) in [5.41, 5.74) is 3.02. The van der Waals surface area contributed by atoms with Gasteiger partial charge in [-0.1, -0.05) is 6.07 Å². The zero-order valence-corrected chi connectivity index (χ0v) is 12.1. The Hall–Kier alpha value is -2.36. The van der Waals surface area contributed by atoms with E-state index < -0.39 is 0 Å². The van der Waals surface area contributed by atoms with Crippen LogP contribution in [0.4, 0.5) is 11.4 Å². The lowest BCUT2D eigenvalue weighted by Crippen LogP contribution is -2.23. The van der Waals surface area contributed by atoms with Crippen LogP contribution in [0.15, 0.2) is 48.7 Å². The molecule has 1 unspecified atom stereocenters. The molecule has 1 amide bonds. The second kappa shape index (κ2) is 5.95. The number of hydrogen-bond acceptors (Lipinski definition) is 3. The third-order valence-corrected chi connectivity index (χ3v) is 3.77. The molecule has 1 N–H and O–H groups in total. The number of amides is 1. The summed E-state index contributed by atoms with van der Waals surface area (Å²) >= 11 is 0. The van der Waals surface area contributed by atoms with Gasteiger partial charge in [-0.25, -0.2) is 0 Å². The zero-order valence-electron chi connectivity index (χ0n) is 12.1. The van der Waals surface area contributed by atoms with Gasteiger partial charge in [0.25, 0.3) is 0 Å². The lowest BCUT2D eigenvalue weighted by molar-refractivity contribution is -0.117. The van der Waals surface area contributed by atoms with Crippen molar-refractivity contribution in [2.24, 2.45) is 0 Å². The van der Waals surface area contributed by atoms with E-state index >= 15 is 0 Å². The Bertz CT molecular complexity index is 610. The van der Waals surface area contributed by atoms with Gasteiger partial charge in [-0.2, -0.15) is 0 Å². The molecule has 21 heavy (non-hydrogen) atoms. The number of rotatable bonds is 4. The molecular formula is C17H19N3O. The Morgan fingerprint density at radius 2 is 2.00 bits per heavy atom. The predicted molar refractivity (Wildman–Crippen MR) is 84.3 cm³/mol. The molecule has 2 aromatic rings. The zero-order chi connectivity index (χ0) is 14.7. The van der Waals surface area contributed by atoms with Gasteiger partial charge in [0.1, 0.15) is 0 Å². The van der Waals surface area contributed by atoms with E-state index in [1.807, 2.05) is 47.4 Å². The first-order valence-electron chi connectivity index (χ1n) is 7.32. The minimum Gasteiger partial charge on any atom is -0.377 e. The molecule has 1 saturated heterocycles. The highest BCUT2D eigenvalue weighted by atomic mass is 16.2. The van der Waals surface area contributed by atoms with Crippen LogP contribution in [0.25, 0.3) is 0 Å². The topological polar surface area (TPSA) is 45.2 Å². The first-order valence-corrected chi connectivity index (χ1v) is 7.32. The molecule has 0 saturated carbocycles. The maximum Gasteiger partial charge on any atom is 0.227 e. The van der Waals surface area contributed by atoms with Crippen molar-refractivity contribution in [2.45, 2.75) is 25.8 Å². The Kier molecular flexibility index (Phi) is 3.86. The van der Waals surface area contributed by atoms with Crippen molar-refractivity contribution in [1.29, 1.82) is 0 Å². The summed E-state index contributed by atoms with van der Waals surface area (Å²) in [5.74, 6) is 0.220. The van der Waals surface area contributed by atoms with Crippen LogP contribution in [0, 0.1) is 0 Å². The van der Waals surface area contributed by atoms with Gasteiger partial charge in [0, 0.05) is 30.5 Å². The second-order valence-corrected chi connectivity index (χ2v) is 5.32. The van der Waals surface area contributed by atoms with E-state index in [4.69, 9.17) is 0 Å². The van der Waals surface area contributed by atoms with Crippen molar-refractivity contribution < 1.29 is 4.79 Å². The molecule has 0 aliphatic carbocycles. The SMILES string of the molecule is CC(Nc1ccc(N2CCCC2=O)cc1)c1ccccn1. The van der Waals surface area contributed by atoms with Gasteiger partial charge in [-0.15, -0.1) is 0 Å². The predicted octanol–water partition coefficient (Wildman–Crippen LogP) is 3.38. The number of nitrogens with zero attached hydrogens (tertiary/aromatic N) is 2. The summed E-state index contributed by atoms with van der Waals surface area (Å²) < 4.78 is 0. The number of pyridine rings is 1. The van der Waals surface area contributed by atoms with Gasteiger partial charge in [0.2, 0.25) is 5.91 Å². The maximum absolute atomic E-state index is 11.7. The van der Waals surface area contributed by atoms with Crippen LogP contribution in [0.3, 0.4) is 0 Å². The van der Waals surface area contributed by atoms with E-state index in [2.05, 4.69) is 17.2 Å². The number of aromatic nitrogens is 1. The normalized spacial score (nSPS) is 16.0. The number of carbonyl (C=O) groups is 1.